The third-order valence-corrected chi connectivity index (χ3v) is 5.66. The number of hydrogen-bond acceptors (Lipinski definition) is 2. The van der Waals surface area contributed by atoms with Crippen molar-refractivity contribution in [2.24, 2.45) is 5.10 Å². The Morgan fingerprint density at radius 2 is 1.54 bits per heavy atom. The number of aromatic nitrogens is 1. The number of nitrogens with zero attached hydrogens (tertiary/aromatic N) is 1. The molecule has 1 amide bonds. The average Bonchev–Trinajstić information content (AvgIpc) is 3.13. The van der Waals surface area contributed by atoms with E-state index < -0.39 is 35.2 Å². The van der Waals surface area contributed by atoms with Crippen molar-refractivity contribution in [3.8, 4) is 0 Å². The number of carbonyl (C=O) groups excluding carboxylic acids is 1. The quantitative estimate of drug-likeness (QED) is 0.170. The van der Waals surface area contributed by atoms with Gasteiger partial charge in [0, 0.05) is 27.7 Å². The fraction of sp³-hybridized carbons (Fsp3) is 0.154. The fourth-order valence-electron chi connectivity index (χ4n) is 3.86. The van der Waals surface area contributed by atoms with Crippen LogP contribution in [0.15, 0.2) is 71.8 Å². The maximum absolute atomic E-state index is 13.7. The van der Waals surface area contributed by atoms with Gasteiger partial charge >= 0.3 is 12.4 Å². The van der Waals surface area contributed by atoms with Crippen LogP contribution in [0.5, 0.6) is 0 Å². The number of fused-ring (bicyclic) bond motifs is 1. The fourth-order valence-corrected chi connectivity index (χ4v) is 3.86. The maximum Gasteiger partial charge on any atom is 0.416 e. The van der Waals surface area contributed by atoms with Crippen LogP contribution in [0.3, 0.4) is 0 Å². The number of carbonyl (C=O) groups is 1. The van der Waals surface area contributed by atoms with Crippen molar-refractivity contribution in [1.82, 2.24) is 10.4 Å². The van der Waals surface area contributed by atoms with Crippen LogP contribution in [0.25, 0.3) is 10.9 Å². The first kappa shape index (κ1) is 25.9. The van der Waals surface area contributed by atoms with Gasteiger partial charge in [0.2, 0.25) is 5.91 Å². The van der Waals surface area contributed by atoms with Gasteiger partial charge < -0.3 is 4.98 Å². The Labute approximate surface area is 205 Å². The van der Waals surface area contributed by atoms with Crippen molar-refractivity contribution in [2.45, 2.75) is 25.7 Å². The van der Waals surface area contributed by atoms with Gasteiger partial charge in [0.15, 0.2) is 0 Å². The minimum absolute atomic E-state index is 0.0537. The SMILES string of the molecule is Cc1[nH]c2ccc(F)cc2c1CC(=O)N/N=C(/c1ccc(C(F)(F)F)cc1)c1cccc(C(F)(F)F)c1. The monoisotopic (exact) mass is 521 g/mol. The lowest BCUT2D eigenvalue weighted by Gasteiger charge is -2.13. The molecular formula is C26H18F7N3O. The van der Waals surface area contributed by atoms with Crippen molar-refractivity contribution in [3.63, 3.8) is 0 Å². The summed E-state index contributed by atoms with van der Waals surface area (Å²) in [6, 6.07) is 11.7. The highest BCUT2D eigenvalue weighted by Gasteiger charge is 2.32. The highest BCUT2D eigenvalue weighted by Crippen LogP contribution is 2.32. The lowest BCUT2D eigenvalue weighted by Crippen LogP contribution is -2.23. The van der Waals surface area contributed by atoms with E-state index >= 15 is 0 Å². The summed E-state index contributed by atoms with van der Waals surface area (Å²) in [6.07, 6.45) is -9.52. The van der Waals surface area contributed by atoms with Crippen LogP contribution in [0.4, 0.5) is 30.7 Å². The van der Waals surface area contributed by atoms with Crippen molar-refractivity contribution in [2.75, 3.05) is 0 Å². The predicted molar refractivity (Wildman–Crippen MR) is 123 cm³/mol. The molecule has 0 fully saturated rings. The summed E-state index contributed by atoms with van der Waals surface area (Å²) in [5.41, 5.74) is 1.85. The molecule has 192 valence electrons. The Balaban J connectivity index is 1.69. The van der Waals surface area contributed by atoms with Crippen LogP contribution in [-0.4, -0.2) is 16.6 Å². The van der Waals surface area contributed by atoms with Crippen LogP contribution in [0, 0.1) is 12.7 Å². The number of halogens is 7. The topological polar surface area (TPSA) is 57.2 Å². The van der Waals surface area contributed by atoms with Gasteiger partial charge in [0.25, 0.3) is 0 Å². The zero-order chi connectivity index (χ0) is 27.0. The van der Waals surface area contributed by atoms with Gasteiger partial charge in [0.05, 0.1) is 23.3 Å². The second-order valence-electron chi connectivity index (χ2n) is 8.24. The average molecular weight is 521 g/mol. The van der Waals surface area contributed by atoms with Crippen molar-refractivity contribution >= 4 is 22.5 Å². The van der Waals surface area contributed by atoms with E-state index in [1.807, 2.05) is 0 Å². The Hall–Kier alpha value is -4.15. The Kier molecular flexibility index (Phi) is 6.81. The summed E-state index contributed by atoms with van der Waals surface area (Å²) < 4.78 is 92.5. The van der Waals surface area contributed by atoms with E-state index in [-0.39, 0.29) is 23.3 Å². The number of alkyl halides is 6. The molecule has 0 bridgehead atoms. The first-order valence-corrected chi connectivity index (χ1v) is 10.8. The van der Waals surface area contributed by atoms with E-state index in [9.17, 15) is 35.5 Å². The van der Waals surface area contributed by atoms with Crippen molar-refractivity contribution < 1.29 is 35.5 Å². The molecule has 0 radical (unpaired) electrons. The minimum atomic E-state index is -4.67. The number of H-pyrrole nitrogens is 1. The van der Waals surface area contributed by atoms with E-state index in [0.29, 0.717) is 22.2 Å². The summed E-state index contributed by atoms with van der Waals surface area (Å²) in [6.45, 7) is 1.69. The summed E-state index contributed by atoms with van der Waals surface area (Å²) in [4.78, 5) is 15.7. The van der Waals surface area contributed by atoms with Gasteiger partial charge in [-0.15, -0.1) is 0 Å². The van der Waals surface area contributed by atoms with Gasteiger partial charge in [-0.25, -0.2) is 9.82 Å². The minimum Gasteiger partial charge on any atom is -0.358 e. The zero-order valence-electron chi connectivity index (χ0n) is 19.1. The van der Waals surface area contributed by atoms with Gasteiger partial charge in [-0.2, -0.15) is 31.4 Å². The third-order valence-electron chi connectivity index (χ3n) is 5.66. The van der Waals surface area contributed by atoms with Gasteiger partial charge in [0.1, 0.15) is 5.82 Å². The van der Waals surface area contributed by atoms with Gasteiger partial charge in [-0.05, 0) is 55.0 Å². The number of hydrazone groups is 1. The lowest BCUT2D eigenvalue weighted by atomic mass is 9.99. The maximum atomic E-state index is 13.7. The molecule has 37 heavy (non-hydrogen) atoms. The Morgan fingerprint density at radius 3 is 2.19 bits per heavy atom. The first-order valence-electron chi connectivity index (χ1n) is 10.8. The zero-order valence-corrected chi connectivity index (χ0v) is 19.1. The molecule has 4 nitrogen and oxygen atoms in total. The lowest BCUT2D eigenvalue weighted by molar-refractivity contribution is -0.138. The van der Waals surface area contributed by atoms with Gasteiger partial charge in [-0.3, -0.25) is 4.79 Å². The van der Waals surface area contributed by atoms with E-state index in [4.69, 9.17) is 0 Å². The molecule has 0 saturated heterocycles. The number of nitrogens with one attached hydrogen (secondary N) is 2. The van der Waals surface area contributed by atoms with Crippen molar-refractivity contribution in [3.05, 3.63) is 106 Å². The molecule has 0 saturated carbocycles. The Morgan fingerprint density at radius 1 is 0.865 bits per heavy atom. The number of aryl methyl sites for hydroxylation is 1. The van der Waals surface area contributed by atoms with Crippen LogP contribution < -0.4 is 5.43 Å². The van der Waals surface area contributed by atoms with Crippen LogP contribution in [0.1, 0.15) is 33.5 Å². The molecule has 0 unspecified atom stereocenters. The van der Waals surface area contributed by atoms with Crippen LogP contribution in [-0.2, 0) is 23.6 Å². The number of rotatable bonds is 5. The highest BCUT2D eigenvalue weighted by atomic mass is 19.4. The van der Waals surface area contributed by atoms with Gasteiger partial charge in [-0.1, -0.05) is 24.3 Å². The molecule has 0 atom stereocenters. The molecule has 2 N–H and O–H groups in total. The normalized spacial score (nSPS) is 12.7. The molecule has 4 aromatic rings. The predicted octanol–water partition coefficient (Wildman–Crippen LogP) is 6.76. The second kappa shape index (κ2) is 9.72. The molecule has 4 rings (SSSR count). The molecule has 0 aliphatic carbocycles. The van der Waals surface area contributed by atoms with Crippen molar-refractivity contribution in [1.29, 1.82) is 0 Å². The van der Waals surface area contributed by atoms with Crippen LogP contribution in [0.2, 0.25) is 0 Å². The van der Waals surface area contributed by atoms with E-state index in [1.54, 1.807) is 6.92 Å². The number of amides is 1. The van der Waals surface area contributed by atoms with E-state index in [2.05, 4.69) is 15.5 Å². The largest absolute Gasteiger partial charge is 0.416 e. The highest BCUT2D eigenvalue weighted by molar-refractivity contribution is 6.13. The first-order chi connectivity index (χ1) is 17.3. The molecule has 1 aromatic heterocycles. The summed E-state index contributed by atoms with van der Waals surface area (Å²) in [5.74, 6) is -1.16. The summed E-state index contributed by atoms with van der Waals surface area (Å²) >= 11 is 0. The molecular weight excluding hydrogens is 503 g/mol. The molecule has 0 aliphatic heterocycles. The van der Waals surface area contributed by atoms with Crippen LogP contribution >= 0.6 is 0 Å². The number of benzene rings is 3. The smallest absolute Gasteiger partial charge is 0.358 e. The second-order valence-corrected chi connectivity index (χ2v) is 8.24. The molecule has 1 heterocycles. The molecule has 11 heteroatoms. The van der Waals surface area contributed by atoms with E-state index in [0.717, 1.165) is 42.5 Å². The van der Waals surface area contributed by atoms with E-state index in [1.165, 1.54) is 24.3 Å². The standard InChI is InChI=1S/C26H18F7N3O/c1-14-20(21-12-19(27)9-10-22(21)34-14)13-23(37)35-36-24(15-5-7-17(8-6-15)25(28,29)30)16-3-2-4-18(11-16)26(31,32)33/h2-12,34H,13H2,1H3,(H,35,37)/b36-24-. The Bertz CT molecular complexity index is 1480. The third kappa shape index (κ3) is 5.82. The number of hydrogen-bond donors (Lipinski definition) is 2. The number of aromatic amines is 1. The summed E-state index contributed by atoms with van der Waals surface area (Å²) in [5, 5.41) is 4.45. The molecule has 0 spiro atoms. The summed E-state index contributed by atoms with van der Waals surface area (Å²) in [7, 11) is 0. The molecule has 0 aliphatic rings. The molecule has 3 aromatic carbocycles.